The van der Waals surface area contributed by atoms with Gasteiger partial charge >= 0.3 is 0 Å². The molecule has 0 unspecified atom stereocenters. The summed E-state index contributed by atoms with van der Waals surface area (Å²) in [4.78, 5) is 0. The van der Waals surface area contributed by atoms with Crippen molar-refractivity contribution in [3.05, 3.63) is 206 Å². The highest BCUT2D eigenvalue weighted by Gasteiger charge is 2.17. The first-order chi connectivity index (χ1) is 26.8. The summed E-state index contributed by atoms with van der Waals surface area (Å²) in [5.74, 6) is 0. The fourth-order valence-corrected chi connectivity index (χ4v) is 8.57. The summed E-state index contributed by atoms with van der Waals surface area (Å²) in [6.07, 6.45) is 0. The fourth-order valence-electron chi connectivity index (χ4n) is 8.57. The van der Waals surface area contributed by atoms with Crippen molar-refractivity contribution in [3.63, 3.8) is 0 Å². The van der Waals surface area contributed by atoms with E-state index < -0.39 is 0 Å². The second kappa shape index (κ2) is 12.2. The minimum Gasteiger partial charge on any atom is -0.309 e. The van der Waals surface area contributed by atoms with Crippen molar-refractivity contribution < 1.29 is 0 Å². The van der Waals surface area contributed by atoms with E-state index in [1.807, 2.05) is 0 Å². The molecular formula is C52H34N2. The smallest absolute Gasteiger partial charge is 0.0547 e. The molecule has 0 N–H and O–H groups in total. The molecule has 9 aromatic carbocycles. The lowest BCUT2D eigenvalue weighted by molar-refractivity contribution is 1.18. The maximum atomic E-state index is 2.45. The van der Waals surface area contributed by atoms with Crippen molar-refractivity contribution in [2.24, 2.45) is 0 Å². The van der Waals surface area contributed by atoms with Gasteiger partial charge in [-0.05, 0) is 87.3 Å². The van der Waals surface area contributed by atoms with Crippen LogP contribution in [0.3, 0.4) is 0 Å². The van der Waals surface area contributed by atoms with Crippen LogP contribution >= 0.6 is 0 Å². The van der Waals surface area contributed by atoms with Crippen LogP contribution in [-0.2, 0) is 0 Å². The first-order valence-corrected chi connectivity index (χ1v) is 18.6. The molecule has 0 fully saturated rings. The van der Waals surface area contributed by atoms with E-state index in [0.717, 1.165) is 5.69 Å². The fraction of sp³-hybridized carbons (Fsp3) is 0. The summed E-state index contributed by atoms with van der Waals surface area (Å²) in [6.45, 7) is 0. The van der Waals surface area contributed by atoms with E-state index in [1.165, 1.54) is 93.5 Å². The van der Waals surface area contributed by atoms with Crippen LogP contribution in [0, 0.1) is 0 Å². The van der Waals surface area contributed by atoms with Crippen molar-refractivity contribution in [2.75, 3.05) is 0 Å². The zero-order valence-electron chi connectivity index (χ0n) is 29.5. The quantitative estimate of drug-likeness (QED) is 0.171. The Morgan fingerprint density at radius 1 is 0.241 bits per heavy atom. The Labute approximate surface area is 313 Å². The van der Waals surface area contributed by atoms with Crippen molar-refractivity contribution in [2.45, 2.75) is 0 Å². The molecule has 2 aromatic heterocycles. The van der Waals surface area contributed by atoms with E-state index in [1.54, 1.807) is 0 Å². The first-order valence-electron chi connectivity index (χ1n) is 18.6. The number of rotatable bonds is 5. The van der Waals surface area contributed by atoms with Crippen molar-refractivity contribution in [1.29, 1.82) is 0 Å². The Morgan fingerprint density at radius 2 is 0.704 bits per heavy atom. The molecule has 2 nitrogen and oxygen atoms in total. The zero-order valence-corrected chi connectivity index (χ0v) is 29.5. The Hall–Kier alpha value is -7.16. The van der Waals surface area contributed by atoms with E-state index in [4.69, 9.17) is 0 Å². The van der Waals surface area contributed by atoms with Crippen LogP contribution in [0.1, 0.15) is 0 Å². The van der Waals surface area contributed by atoms with Gasteiger partial charge in [0, 0.05) is 32.6 Å². The second-order valence-electron chi connectivity index (χ2n) is 14.2. The molecule has 0 amide bonds. The number of fused-ring (bicyclic) bond motifs is 7. The van der Waals surface area contributed by atoms with E-state index in [9.17, 15) is 0 Å². The summed E-state index contributed by atoms with van der Waals surface area (Å²) in [5, 5.41) is 7.50. The summed E-state index contributed by atoms with van der Waals surface area (Å²) >= 11 is 0. The lowest BCUT2D eigenvalue weighted by Gasteiger charge is -2.13. The maximum Gasteiger partial charge on any atom is 0.0547 e. The summed E-state index contributed by atoms with van der Waals surface area (Å²) in [7, 11) is 0. The highest BCUT2D eigenvalue weighted by molar-refractivity contribution is 6.13. The van der Waals surface area contributed by atoms with E-state index >= 15 is 0 Å². The molecular weight excluding hydrogens is 653 g/mol. The number of para-hydroxylation sites is 2. The van der Waals surface area contributed by atoms with E-state index in [-0.39, 0.29) is 0 Å². The van der Waals surface area contributed by atoms with Gasteiger partial charge in [0.25, 0.3) is 0 Å². The van der Waals surface area contributed by atoms with Gasteiger partial charge in [0.2, 0.25) is 0 Å². The third kappa shape index (κ3) is 4.81. The first kappa shape index (κ1) is 30.5. The molecule has 2 heterocycles. The lowest BCUT2D eigenvalue weighted by atomic mass is 9.99. The van der Waals surface area contributed by atoms with Crippen LogP contribution in [0.5, 0.6) is 0 Å². The minimum atomic E-state index is 1.15. The monoisotopic (exact) mass is 686 g/mol. The second-order valence-corrected chi connectivity index (χ2v) is 14.2. The zero-order chi connectivity index (χ0) is 35.6. The van der Waals surface area contributed by atoms with Crippen molar-refractivity contribution in [3.8, 4) is 44.8 Å². The predicted octanol–water partition coefficient (Wildman–Crippen LogP) is 14.0. The molecule has 0 aliphatic carbocycles. The third-order valence-corrected chi connectivity index (χ3v) is 11.1. The van der Waals surface area contributed by atoms with Crippen molar-refractivity contribution >= 4 is 54.4 Å². The van der Waals surface area contributed by atoms with Gasteiger partial charge in [-0.1, -0.05) is 158 Å². The van der Waals surface area contributed by atoms with Gasteiger partial charge in [0.15, 0.2) is 0 Å². The molecule has 0 atom stereocenters. The number of benzene rings is 9. The number of hydrogen-bond donors (Lipinski definition) is 0. The lowest BCUT2D eigenvalue weighted by Crippen LogP contribution is -1.96. The van der Waals surface area contributed by atoms with Crippen LogP contribution in [0.2, 0.25) is 0 Å². The van der Waals surface area contributed by atoms with Gasteiger partial charge in [-0.15, -0.1) is 0 Å². The molecule has 0 aliphatic rings. The molecule has 0 radical (unpaired) electrons. The topological polar surface area (TPSA) is 9.86 Å². The van der Waals surface area contributed by atoms with Gasteiger partial charge < -0.3 is 9.13 Å². The highest BCUT2D eigenvalue weighted by atomic mass is 15.0. The van der Waals surface area contributed by atoms with Crippen LogP contribution in [0.15, 0.2) is 206 Å². The molecule has 0 aliphatic heterocycles. The van der Waals surface area contributed by atoms with Crippen LogP contribution in [0.4, 0.5) is 0 Å². The molecule has 0 spiro atoms. The summed E-state index contributed by atoms with van der Waals surface area (Å²) < 4.78 is 4.88. The van der Waals surface area contributed by atoms with Crippen LogP contribution in [0.25, 0.3) is 99.1 Å². The summed E-state index contributed by atoms with van der Waals surface area (Å²) in [6, 6.07) is 75.2. The molecule has 0 bridgehead atoms. The number of nitrogens with zero attached hydrogens (tertiary/aromatic N) is 2. The summed E-state index contributed by atoms with van der Waals surface area (Å²) in [5.41, 5.74) is 14.4. The maximum absolute atomic E-state index is 2.45. The third-order valence-electron chi connectivity index (χ3n) is 11.1. The Kier molecular flexibility index (Phi) is 6.90. The average molecular weight is 687 g/mol. The van der Waals surface area contributed by atoms with Gasteiger partial charge in [-0.25, -0.2) is 0 Å². The SMILES string of the molecule is c1ccc(-c2cccc(-c3cccc(-n4c5ccccc5c5ccc(-c6ccc7c8ccccc8n(-c8cccc9ccccc89)c7c6)cc54)c3)c2)cc1. The highest BCUT2D eigenvalue weighted by Crippen LogP contribution is 2.39. The number of aromatic nitrogens is 2. The minimum absolute atomic E-state index is 1.15. The molecule has 0 saturated carbocycles. The molecule has 11 aromatic rings. The Balaban J connectivity index is 1.09. The Morgan fingerprint density at radius 3 is 1.43 bits per heavy atom. The van der Waals surface area contributed by atoms with Crippen LogP contribution in [-0.4, -0.2) is 9.13 Å². The average Bonchev–Trinajstić information content (AvgIpc) is 3.76. The van der Waals surface area contributed by atoms with Gasteiger partial charge in [-0.3, -0.25) is 0 Å². The van der Waals surface area contributed by atoms with E-state index in [2.05, 4.69) is 215 Å². The Bertz CT molecular complexity index is 3210. The van der Waals surface area contributed by atoms with Gasteiger partial charge in [0.05, 0.1) is 27.8 Å². The molecule has 0 saturated heterocycles. The standard InChI is InChI=1S/C52H34N2/c1-2-13-35(14-3-1)37-17-10-18-38(31-37)39-19-11-20-42(32-39)53-49-24-8-6-22-44(49)46-29-27-40(33-51(46)53)41-28-30-47-45-23-7-9-25-50(45)54(52(47)34-41)48-26-12-16-36-15-4-5-21-43(36)48/h1-34H. The largest absolute Gasteiger partial charge is 0.309 e. The van der Waals surface area contributed by atoms with Crippen LogP contribution < -0.4 is 0 Å². The number of hydrogen-bond acceptors (Lipinski definition) is 0. The van der Waals surface area contributed by atoms with Gasteiger partial charge in [-0.2, -0.15) is 0 Å². The molecule has 252 valence electrons. The van der Waals surface area contributed by atoms with Gasteiger partial charge in [0.1, 0.15) is 0 Å². The molecule has 54 heavy (non-hydrogen) atoms. The normalized spacial score (nSPS) is 11.7. The molecule has 2 heteroatoms. The van der Waals surface area contributed by atoms with E-state index in [0.29, 0.717) is 0 Å². The predicted molar refractivity (Wildman–Crippen MR) is 229 cm³/mol. The van der Waals surface area contributed by atoms with Crippen molar-refractivity contribution in [1.82, 2.24) is 9.13 Å². The molecule has 11 rings (SSSR count).